The number of carboxylic acids is 1. The van der Waals surface area contributed by atoms with Crippen molar-refractivity contribution in [1.82, 2.24) is 9.88 Å². The van der Waals surface area contributed by atoms with Crippen LogP contribution in [0.25, 0.3) is 26.2 Å². The molecule has 0 saturated carbocycles. The largest absolute Gasteiger partial charge is 0.493 e. The summed E-state index contributed by atoms with van der Waals surface area (Å²) in [5.74, 6) is -1.46. The number of rotatable bonds is 5. The lowest BCUT2D eigenvalue weighted by Gasteiger charge is -2.28. The summed E-state index contributed by atoms with van der Waals surface area (Å²) in [4.78, 5) is 23.1. The van der Waals surface area contributed by atoms with Crippen LogP contribution >= 0.6 is 22.9 Å². The number of thiophene rings is 1. The van der Waals surface area contributed by atoms with Gasteiger partial charge in [-0.15, -0.1) is 11.3 Å². The van der Waals surface area contributed by atoms with Gasteiger partial charge in [0.1, 0.15) is 10.8 Å². The SMILES string of the molecule is COc1cc(-n2ccc3cc(-c4ccc(Cl)cc4)sc3c2=O)ccc1OC1CNC1.O=C(O)C(F)(F)F. The Hall–Kier alpha value is -3.54. The zero-order chi connectivity index (χ0) is 26.7. The van der Waals surface area contributed by atoms with Crippen LogP contribution in [0.4, 0.5) is 13.2 Å². The maximum Gasteiger partial charge on any atom is 0.490 e. The molecule has 0 bridgehead atoms. The van der Waals surface area contributed by atoms with Crippen LogP contribution < -0.4 is 20.3 Å². The molecular weight excluding hydrogens is 533 g/mol. The molecule has 0 spiro atoms. The molecule has 3 heterocycles. The number of pyridine rings is 1. The Morgan fingerprint density at radius 2 is 1.78 bits per heavy atom. The highest BCUT2D eigenvalue weighted by Gasteiger charge is 2.38. The summed E-state index contributed by atoms with van der Waals surface area (Å²) in [6, 6.07) is 17.2. The van der Waals surface area contributed by atoms with Crippen LogP contribution in [0.1, 0.15) is 0 Å². The number of nitrogens with zero attached hydrogens (tertiary/aromatic N) is 1. The summed E-state index contributed by atoms with van der Waals surface area (Å²) in [5, 5.41) is 11.9. The second-order valence-electron chi connectivity index (χ2n) is 7.93. The number of ether oxygens (including phenoxy) is 2. The van der Waals surface area contributed by atoms with Crippen molar-refractivity contribution in [3.05, 3.63) is 76.2 Å². The molecule has 0 aliphatic carbocycles. The maximum absolute atomic E-state index is 13.2. The van der Waals surface area contributed by atoms with Gasteiger partial charge < -0.3 is 19.9 Å². The van der Waals surface area contributed by atoms with E-state index >= 15 is 0 Å². The molecule has 1 aliphatic rings. The summed E-state index contributed by atoms with van der Waals surface area (Å²) in [5.41, 5.74) is 1.72. The van der Waals surface area contributed by atoms with E-state index in [1.807, 2.05) is 54.6 Å². The number of alkyl halides is 3. The Balaban J connectivity index is 0.000000405. The molecule has 0 radical (unpaired) electrons. The predicted octanol–water partition coefficient (Wildman–Crippen LogP) is 5.37. The first-order valence-electron chi connectivity index (χ1n) is 10.8. The molecular formula is C25H20ClF3N2O5S. The zero-order valence-corrected chi connectivity index (χ0v) is 20.8. The predicted molar refractivity (Wildman–Crippen MR) is 135 cm³/mol. The van der Waals surface area contributed by atoms with Crippen LogP contribution in [0.2, 0.25) is 5.02 Å². The number of aliphatic carboxylic acids is 1. The lowest BCUT2D eigenvalue weighted by Crippen LogP contribution is -2.50. The molecule has 4 aromatic rings. The third-order valence-corrected chi connectivity index (χ3v) is 6.85. The van der Waals surface area contributed by atoms with Gasteiger partial charge in [0.25, 0.3) is 5.56 Å². The summed E-state index contributed by atoms with van der Waals surface area (Å²) < 4.78 is 45.5. The minimum Gasteiger partial charge on any atom is -0.493 e. The molecule has 37 heavy (non-hydrogen) atoms. The molecule has 2 aromatic heterocycles. The van der Waals surface area contributed by atoms with E-state index < -0.39 is 12.1 Å². The van der Waals surface area contributed by atoms with E-state index in [1.54, 1.807) is 17.9 Å². The van der Waals surface area contributed by atoms with Crippen molar-refractivity contribution in [3.8, 4) is 27.6 Å². The van der Waals surface area contributed by atoms with Crippen LogP contribution in [-0.4, -0.2) is 48.1 Å². The van der Waals surface area contributed by atoms with E-state index in [-0.39, 0.29) is 11.7 Å². The number of aromatic nitrogens is 1. The van der Waals surface area contributed by atoms with Gasteiger partial charge >= 0.3 is 12.1 Å². The lowest BCUT2D eigenvalue weighted by atomic mass is 10.2. The van der Waals surface area contributed by atoms with Crippen molar-refractivity contribution in [2.24, 2.45) is 0 Å². The molecule has 2 aromatic carbocycles. The van der Waals surface area contributed by atoms with Crippen LogP contribution in [0.3, 0.4) is 0 Å². The van der Waals surface area contributed by atoms with Crippen molar-refractivity contribution in [3.63, 3.8) is 0 Å². The minimum absolute atomic E-state index is 0.0587. The normalized spacial score (nSPS) is 13.4. The first-order valence-corrected chi connectivity index (χ1v) is 12.0. The highest BCUT2D eigenvalue weighted by molar-refractivity contribution is 7.22. The van der Waals surface area contributed by atoms with Gasteiger partial charge in [-0.05, 0) is 42.0 Å². The maximum atomic E-state index is 13.2. The Morgan fingerprint density at radius 1 is 1.11 bits per heavy atom. The minimum atomic E-state index is -5.08. The highest BCUT2D eigenvalue weighted by atomic mass is 35.5. The number of carbonyl (C=O) groups is 1. The molecule has 5 rings (SSSR count). The average Bonchev–Trinajstić information content (AvgIpc) is 3.27. The van der Waals surface area contributed by atoms with Crippen LogP contribution in [0, 0.1) is 0 Å². The van der Waals surface area contributed by atoms with E-state index in [2.05, 4.69) is 5.32 Å². The number of hydrogen-bond donors (Lipinski definition) is 2. The second-order valence-corrected chi connectivity index (χ2v) is 9.42. The molecule has 2 N–H and O–H groups in total. The van der Waals surface area contributed by atoms with Crippen LogP contribution in [-0.2, 0) is 4.79 Å². The molecule has 1 saturated heterocycles. The topological polar surface area (TPSA) is 89.8 Å². The quantitative estimate of drug-likeness (QED) is 0.346. The average molecular weight is 553 g/mol. The van der Waals surface area contributed by atoms with E-state index in [0.29, 0.717) is 21.2 Å². The number of methoxy groups -OCH3 is 1. The standard InChI is InChI=1S/C23H19ClN2O3S.C2HF3O2/c1-28-20-11-17(6-7-19(20)29-18-12-25-13-18)26-9-8-15-10-21(30-22(15)23(26)27)14-2-4-16(24)5-3-14;3-2(4,5)1(6)7/h2-11,18,25H,12-13H2,1H3;(H,6,7). The van der Waals surface area contributed by atoms with Crippen molar-refractivity contribution >= 4 is 39.0 Å². The Bertz CT molecular complexity index is 1480. The van der Waals surface area contributed by atoms with E-state index in [9.17, 15) is 18.0 Å². The van der Waals surface area contributed by atoms with E-state index in [0.717, 1.165) is 34.6 Å². The molecule has 1 aliphatic heterocycles. The summed E-state index contributed by atoms with van der Waals surface area (Å²) in [6.07, 6.45) is -3.13. The first kappa shape index (κ1) is 26.5. The number of fused-ring (bicyclic) bond motifs is 1. The zero-order valence-electron chi connectivity index (χ0n) is 19.2. The van der Waals surface area contributed by atoms with Crippen molar-refractivity contribution < 1.29 is 32.5 Å². The van der Waals surface area contributed by atoms with Gasteiger partial charge in [-0.25, -0.2) is 4.79 Å². The van der Waals surface area contributed by atoms with Gasteiger partial charge in [0.05, 0.1) is 12.8 Å². The monoisotopic (exact) mass is 552 g/mol. The van der Waals surface area contributed by atoms with Gasteiger partial charge in [0.2, 0.25) is 0 Å². The Morgan fingerprint density at radius 3 is 2.35 bits per heavy atom. The fourth-order valence-corrected chi connectivity index (χ4v) is 4.63. The molecule has 0 amide bonds. The Kier molecular flexibility index (Phi) is 7.76. The van der Waals surface area contributed by atoms with Crippen molar-refractivity contribution in [2.75, 3.05) is 20.2 Å². The molecule has 1 fully saturated rings. The van der Waals surface area contributed by atoms with Gasteiger partial charge in [-0.2, -0.15) is 13.2 Å². The highest BCUT2D eigenvalue weighted by Crippen LogP contribution is 2.34. The fraction of sp³-hybridized carbons (Fsp3) is 0.200. The summed E-state index contributed by atoms with van der Waals surface area (Å²) >= 11 is 7.48. The van der Waals surface area contributed by atoms with Gasteiger partial charge in [-0.1, -0.05) is 23.7 Å². The number of nitrogens with one attached hydrogen (secondary N) is 1. The summed E-state index contributed by atoms with van der Waals surface area (Å²) in [6.45, 7) is 1.66. The first-order chi connectivity index (χ1) is 17.6. The molecule has 0 atom stereocenters. The number of benzene rings is 2. The number of halogens is 4. The number of hydrogen-bond acceptors (Lipinski definition) is 6. The van der Waals surface area contributed by atoms with Gasteiger partial charge in [0.15, 0.2) is 11.5 Å². The summed E-state index contributed by atoms with van der Waals surface area (Å²) in [7, 11) is 1.61. The number of carboxylic acid groups (broad SMARTS) is 1. The Labute approximate surface area is 217 Å². The lowest BCUT2D eigenvalue weighted by molar-refractivity contribution is -0.192. The second kappa shape index (κ2) is 10.8. The molecule has 7 nitrogen and oxygen atoms in total. The third-order valence-electron chi connectivity index (χ3n) is 5.41. The van der Waals surface area contributed by atoms with E-state index in [1.165, 1.54) is 11.3 Å². The van der Waals surface area contributed by atoms with E-state index in [4.69, 9.17) is 31.0 Å². The third kappa shape index (κ3) is 6.07. The van der Waals surface area contributed by atoms with Gasteiger partial charge in [0, 0.05) is 40.6 Å². The van der Waals surface area contributed by atoms with Gasteiger partial charge in [-0.3, -0.25) is 9.36 Å². The van der Waals surface area contributed by atoms with Crippen molar-refractivity contribution in [2.45, 2.75) is 12.3 Å². The molecule has 0 unspecified atom stereocenters. The van der Waals surface area contributed by atoms with Crippen molar-refractivity contribution in [1.29, 1.82) is 0 Å². The molecule has 194 valence electrons. The molecule has 12 heteroatoms. The fourth-order valence-electron chi connectivity index (χ4n) is 3.42. The smallest absolute Gasteiger partial charge is 0.490 e. The van der Waals surface area contributed by atoms with Crippen LogP contribution in [0.5, 0.6) is 11.5 Å². The van der Waals surface area contributed by atoms with Crippen LogP contribution in [0.15, 0.2) is 65.6 Å².